The van der Waals surface area contributed by atoms with E-state index in [1.807, 2.05) is 23.5 Å². The Morgan fingerprint density at radius 2 is 2.50 bits per heavy atom. The molecule has 2 atom stereocenters. The maximum atomic E-state index is 4.52. The van der Waals surface area contributed by atoms with Crippen LogP contribution in [-0.4, -0.2) is 34.5 Å². The monoisotopic (exact) mass is 232 g/mol. The Bertz CT molecular complexity index is 195. The van der Waals surface area contributed by atoms with Gasteiger partial charge in [0.15, 0.2) is 5.17 Å². The summed E-state index contributed by atoms with van der Waals surface area (Å²) in [7, 11) is 0. The molecule has 14 heavy (non-hydrogen) atoms. The Kier molecular flexibility index (Phi) is 5.78. The Hall–Kier alpha value is 0.170. The number of nitrogens with one attached hydrogen (secondary N) is 1. The molecule has 0 saturated carbocycles. The zero-order valence-electron chi connectivity index (χ0n) is 9.25. The van der Waals surface area contributed by atoms with Gasteiger partial charge in [0.05, 0.1) is 6.04 Å². The Balaban J connectivity index is 2.13. The predicted octanol–water partition coefficient (Wildman–Crippen LogP) is 2.60. The summed E-state index contributed by atoms with van der Waals surface area (Å²) in [5, 5.41) is 4.61. The van der Waals surface area contributed by atoms with E-state index in [0.29, 0.717) is 12.1 Å². The Labute approximate surface area is 95.7 Å². The van der Waals surface area contributed by atoms with Crippen molar-refractivity contribution < 1.29 is 0 Å². The first-order valence-corrected chi connectivity index (χ1v) is 7.41. The summed E-state index contributed by atoms with van der Waals surface area (Å²) in [6.07, 6.45) is 1.23. The number of hydrogen-bond donors (Lipinski definition) is 1. The first kappa shape index (κ1) is 12.2. The molecular formula is C10H20N2S2. The van der Waals surface area contributed by atoms with Crippen molar-refractivity contribution in [3.8, 4) is 0 Å². The number of amidine groups is 1. The molecule has 0 aromatic carbocycles. The molecular weight excluding hydrogens is 212 g/mol. The highest BCUT2D eigenvalue weighted by Gasteiger charge is 2.14. The lowest BCUT2D eigenvalue weighted by Crippen LogP contribution is -2.30. The minimum absolute atomic E-state index is 0.500. The van der Waals surface area contributed by atoms with Crippen molar-refractivity contribution in [2.45, 2.75) is 39.3 Å². The molecule has 0 aliphatic carbocycles. The molecule has 1 aliphatic rings. The lowest BCUT2D eigenvalue weighted by Gasteiger charge is -2.13. The van der Waals surface area contributed by atoms with E-state index in [4.69, 9.17) is 0 Å². The van der Waals surface area contributed by atoms with Crippen LogP contribution in [0.15, 0.2) is 4.99 Å². The highest BCUT2D eigenvalue weighted by molar-refractivity contribution is 8.14. The number of aliphatic imine (C=N–C) groups is 1. The topological polar surface area (TPSA) is 24.4 Å². The van der Waals surface area contributed by atoms with Gasteiger partial charge < -0.3 is 5.32 Å². The van der Waals surface area contributed by atoms with Crippen molar-refractivity contribution in [3.63, 3.8) is 0 Å². The van der Waals surface area contributed by atoms with E-state index in [0.717, 1.165) is 10.9 Å². The SMILES string of the molecule is CCSCCC(C)NC1=NC(C)CS1. The molecule has 0 amide bonds. The highest BCUT2D eigenvalue weighted by Crippen LogP contribution is 2.16. The number of hydrogen-bond acceptors (Lipinski definition) is 4. The molecule has 0 fully saturated rings. The maximum Gasteiger partial charge on any atom is 0.157 e. The second-order valence-electron chi connectivity index (χ2n) is 3.63. The van der Waals surface area contributed by atoms with Crippen LogP contribution >= 0.6 is 23.5 Å². The summed E-state index contributed by atoms with van der Waals surface area (Å²) in [4.78, 5) is 4.52. The first-order valence-electron chi connectivity index (χ1n) is 5.27. The van der Waals surface area contributed by atoms with Crippen LogP contribution in [0.1, 0.15) is 27.2 Å². The van der Waals surface area contributed by atoms with Gasteiger partial charge in [-0.05, 0) is 31.8 Å². The summed E-state index contributed by atoms with van der Waals surface area (Å²) in [6.45, 7) is 6.61. The predicted molar refractivity (Wildman–Crippen MR) is 69.6 cm³/mol. The van der Waals surface area contributed by atoms with Gasteiger partial charge in [0.2, 0.25) is 0 Å². The fraction of sp³-hybridized carbons (Fsp3) is 0.900. The van der Waals surface area contributed by atoms with E-state index in [1.165, 1.54) is 17.9 Å². The third-order valence-corrected chi connectivity index (χ3v) is 4.15. The standard InChI is InChI=1S/C10H20N2S2/c1-4-13-6-5-8(2)11-10-12-9(3)7-14-10/h8-9H,4-7H2,1-3H3,(H,11,12). The van der Waals surface area contributed by atoms with Gasteiger partial charge in [0, 0.05) is 11.8 Å². The van der Waals surface area contributed by atoms with E-state index in [2.05, 4.69) is 31.1 Å². The normalized spacial score (nSPS) is 23.4. The van der Waals surface area contributed by atoms with Crippen LogP contribution in [0, 0.1) is 0 Å². The lowest BCUT2D eigenvalue weighted by atomic mass is 10.3. The van der Waals surface area contributed by atoms with Crippen molar-refractivity contribution in [1.29, 1.82) is 0 Å². The van der Waals surface area contributed by atoms with Crippen molar-refractivity contribution in [2.75, 3.05) is 17.3 Å². The molecule has 82 valence electrons. The minimum atomic E-state index is 0.500. The third-order valence-electron chi connectivity index (χ3n) is 2.07. The van der Waals surface area contributed by atoms with E-state index in [-0.39, 0.29) is 0 Å². The molecule has 0 aromatic heterocycles. The molecule has 0 aromatic rings. The first-order chi connectivity index (χ1) is 6.72. The van der Waals surface area contributed by atoms with E-state index in [1.54, 1.807) is 0 Å². The van der Waals surface area contributed by atoms with E-state index >= 15 is 0 Å². The van der Waals surface area contributed by atoms with Crippen LogP contribution in [-0.2, 0) is 0 Å². The average Bonchev–Trinajstić information content (AvgIpc) is 2.52. The molecule has 0 radical (unpaired) electrons. The minimum Gasteiger partial charge on any atom is -0.362 e. The van der Waals surface area contributed by atoms with Crippen LogP contribution in [0.25, 0.3) is 0 Å². The highest BCUT2D eigenvalue weighted by atomic mass is 32.2. The van der Waals surface area contributed by atoms with Crippen LogP contribution in [0.5, 0.6) is 0 Å². The van der Waals surface area contributed by atoms with Gasteiger partial charge in [-0.25, -0.2) is 0 Å². The second kappa shape index (κ2) is 6.62. The lowest BCUT2D eigenvalue weighted by molar-refractivity contribution is 0.650. The summed E-state index contributed by atoms with van der Waals surface area (Å²) < 4.78 is 0. The van der Waals surface area contributed by atoms with Crippen LogP contribution < -0.4 is 5.32 Å². The van der Waals surface area contributed by atoms with Crippen LogP contribution in [0.2, 0.25) is 0 Å². The maximum absolute atomic E-state index is 4.52. The molecule has 0 saturated heterocycles. The quantitative estimate of drug-likeness (QED) is 0.737. The molecule has 0 bridgehead atoms. The van der Waals surface area contributed by atoms with Crippen molar-refractivity contribution in [3.05, 3.63) is 0 Å². The molecule has 4 heteroatoms. The second-order valence-corrected chi connectivity index (χ2v) is 6.03. The van der Waals surface area contributed by atoms with Crippen molar-refractivity contribution in [2.24, 2.45) is 4.99 Å². The number of nitrogens with zero attached hydrogens (tertiary/aromatic N) is 1. The third kappa shape index (κ3) is 4.60. The molecule has 2 nitrogen and oxygen atoms in total. The molecule has 1 heterocycles. The Morgan fingerprint density at radius 3 is 3.07 bits per heavy atom. The van der Waals surface area contributed by atoms with E-state index in [9.17, 15) is 0 Å². The molecule has 2 unspecified atom stereocenters. The van der Waals surface area contributed by atoms with Crippen LogP contribution in [0.3, 0.4) is 0 Å². The van der Waals surface area contributed by atoms with Gasteiger partial charge in [-0.2, -0.15) is 11.8 Å². The van der Waals surface area contributed by atoms with Gasteiger partial charge in [0.25, 0.3) is 0 Å². The smallest absolute Gasteiger partial charge is 0.157 e. The molecule has 0 spiro atoms. The molecule has 1 aliphatic heterocycles. The molecule has 1 rings (SSSR count). The fourth-order valence-corrected chi connectivity index (χ4v) is 3.06. The zero-order chi connectivity index (χ0) is 10.4. The van der Waals surface area contributed by atoms with Gasteiger partial charge in [-0.15, -0.1) is 0 Å². The summed E-state index contributed by atoms with van der Waals surface area (Å²) in [5.41, 5.74) is 0. The Morgan fingerprint density at radius 1 is 1.71 bits per heavy atom. The molecule has 1 N–H and O–H groups in total. The van der Waals surface area contributed by atoms with Crippen LogP contribution in [0.4, 0.5) is 0 Å². The van der Waals surface area contributed by atoms with Gasteiger partial charge in [-0.3, -0.25) is 4.99 Å². The number of thioether (sulfide) groups is 2. The number of rotatable bonds is 5. The summed E-state index contributed by atoms with van der Waals surface area (Å²) >= 11 is 3.86. The van der Waals surface area contributed by atoms with E-state index < -0.39 is 0 Å². The van der Waals surface area contributed by atoms with Crippen molar-refractivity contribution >= 4 is 28.7 Å². The zero-order valence-corrected chi connectivity index (χ0v) is 10.9. The average molecular weight is 232 g/mol. The summed E-state index contributed by atoms with van der Waals surface area (Å²) in [5.74, 6) is 3.61. The van der Waals surface area contributed by atoms with Gasteiger partial charge >= 0.3 is 0 Å². The fourth-order valence-electron chi connectivity index (χ4n) is 1.24. The van der Waals surface area contributed by atoms with Gasteiger partial charge in [-0.1, -0.05) is 18.7 Å². The van der Waals surface area contributed by atoms with Crippen molar-refractivity contribution in [1.82, 2.24) is 5.32 Å². The van der Waals surface area contributed by atoms with Gasteiger partial charge in [0.1, 0.15) is 0 Å². The largest absolute Gasteiger partial charge is 0.362 e. The summed E-state index contributed by atoms with van der Waals surface area (Å²) in [6, 6.07) is 1.06.